The van der Waals surface area contributed by atoms with Crippen LogP contribution in [0.25, 0.3) is 10.9 Å². The van der Waals surface area contributed by atoms with Crippen LogP contribution >= 0.6 is 23.1 Å². The standard InChI is InChI=1S/C17H23N5OS2/c1-12-14-13(11-25-12)18-15(17(23)22-5-3-20(2)4-6-22)19-16(14)21-7-9-24-10-8-21/h11H,3-10H2,1-2H3. The van der Waals surface area contributed by atoms with Gasteiger partial charge in [-0.2, -0.15) is 11.8 Å². The smallest absolute Gasteiger partial charge is 0.291 e. The van der Waals surface area contributed by atoms with Crippen LogP contribution in [0.4, 0.5) is 5.82 Å². The molecule has 8 heteroatoms. The number of aryl methyl sites for hydroxylation is 1. The minimum atomic E-state index is -0.0357. The Bertz CT molecular complexity index is 779. The van der Waals surface area contributed by atoms with E-state index in [4.69, 9.17) is 4.98 Å². The first kappa shape index (κ1) is 17.1. The first-order valence-electron chi connectivity index (χ1n) is 8.70. The minimum absolute atomic E-state index is 0.0357. The lowest BCUT2D eigenvalue weighted by atomic mass is 10.2. The van der Waals surface area contributed by atoms with E-state index in [1.165, 1.54) is 4.88 Å². The maximum absolute atomic E-state index is 13.0. The zero-order valence-electron chi connectivity index (χ0n) is 14.7. The van der Waals surface area contributed by atoms with E-state index < -0.39 is 0 Å². The van der Waals surface area contributed by atoms with Gasteiger partial charge in [-0.1, -0.05) is 0 Å². The van der Waals surface area contributed by atoms with Crippen molar-refractivity contribution in [3.05, 3.63) is 16.1 Å². The second kappa shape index (κ2) is 7.09. The van der Waals surface area contributed by atoms with Gasteiger partial charge in [-0.05, 0) is 14.0 Å². The predicted molar refractivity (Wildman–Crippen MR) is 105 cm³/mol. The van der Waals surface area contributed by atoms with Gasteiger partial charge in [-0.25, -0.2) is 9.97 Å². The van der Waals surface area contributed by atoms with Crippen LogP contribution in [0.2, 0.25) is 0 Å². The van der Waals surface area contributed by atoms with E-state index in [1.54, 1.807) is 11.3 Å². The highest BCUT2D eigenvalue weighted by Gasteiger charge is 2.26. The molecule has 25 heavy (non-hydrogen) atoms. The van der Waals surface area contributed by atoms with E-state index in [0.29, 0.717) is 5.82 Å². The molecule has 0 saturated carbocycles. The lowest BCUT2D eigenvalue weighted by molar-refractivity contribution is 0.0652. The normalized spacial score (nSPS) is 19.6. The van der Waals surface area contributed by atoms with Crippen LogP contribution in [0.3, 0.4) is 0 Å². The van der Waals surface area contributed by atoms with Gasteiger partial charge in [0.15, 0.2) is 0 Å². The van der Waals surface area contributed by atoms with Crippen molar-refractivity contribution in [2.45, 2.75) is 6.92 Å². The quantitative estimate of drug-likeness (QED) is 0.797. The number of anilines is 1. The van der Waals surface area contributed by atoms with Crippen molar-refractivity contribution >= 4 is 45.7 Å². The summed E-state index contributed by atoms with van der Waals surface area (Å²) in [5, 5.41) is 3.17. The Labute approximate surface area is 156 Å². The number of thioether (sulfide) groups is 1. The second-order valence-corrected chi connectivity index (χ2v) is 8.93. The monoisotopic (exact) mass is 377 g/mol. The fourth-order valence-corrected chi connectivity index (χ4v) is 5.02. The second-order valence-electron chi connectivity index (χ2n) is 6.62. The average molecular weight is 378 g/mol. The number of aromatic nitrogens is 2. The number of carbonyl (C=O) groups excluding carboxylic acids is 1. The third-order valence-electron chi connectivity index (χ3n) is 4.91. The third-order valence-corrected chi connectivity index (χ3v) is 6.75. The molecule has 2 saturated heterocycles. The molecule has 0 N–H and O–H groups in total. The molecule has 0 bridgehead atoms. The number of carbonyl (C=O) groups is 1. The van der Waals surface area contributed by atoms with Gasteiger partial charge in [0.2, 0.25) is 5.82 Å². The van der Waals surface area contributed by atoms with Crippen molar-refractivity contribution in [1.29, 1.82) is 0 Å². The summed E-state index contributed by atoms with van der Waals surface area (Å²) in [4.78, 5) is 30.0. The number of likely N-dealkylation sites (N-methyl/N-ethyl adjacent to an activating group) is 1. The highest BCUT2D eigenvalue weighted by atomic mass is 32.2. The summed E-state index contributed by atoms with van der Waals surface area (Å²) in [6.45, 7) is 7.37. The number of rotatable bonds is 2. The summed E-state index contributed by atoms with van der Waals surface area (Å²) in [6.07, 6.45) is 0. The van der Waals surface area contributed by atoms with Crippen molar-refractivity contribution < 1.29 is 4.79 Å². The highest BCUT2D eigenvalue weighted by molar-refractivity contribution is 7.99. The number of hydrogen-bond acceptors (Lipinski definition) is 7. The fourth-order valence-electron chi connectivity index (χ4n) is 3.34. The molecule has 2 aliphatic heterocycles. The van der Waals surface area contributed by atoms with E-state index in [-0.39, 0.29) is 5.91 Å². The maximum Gasteiger partial charge on any atom is 0.291 e. The average Bonchev–Trinajstić information content (AvgIpc) is 3.03. The SMILES string of the molecule is Cc1scc2nc(C(=O)N3CCN(C)CC3)nc(N3CCSCC3)c12. The molecule has 2 fully saturated rings. The Balaban J connectivity index is 1.71. The van der Waals surface area contributed by atoms with E-state index in [0.717, 1.165) is 67.5 Å². The molecule has 0 aromatic carbocycles. The van der Waals surface area contributed by atoms with Gasteiger partial charge >= 0.3 is 0 Å². The molecule has 0 aliphatic carbocycles. The molecule has 6 nitrogen and oxygen atoms in total. The topological polar surface area (TPSA) is 52.6 Å². The van der Waals surface area contributed by atoms with Gasteiger partial charge in [-0.3, -0.25) is 4.79 Å². The zero-order chi connectivity index (χ0) is 17.4. The molecule has 2 aromatic rings. The van der Waals surface area contributed by atoms with Gasteiger partial charge in [0.25, 0.3) is 5.91 Å². The molecular formula is C17H23N5OS2. The molecule has 4 rings (SSSR count). The number of fused-ring (bicyclic) bond motifs is 1. The molecule has 134 valence electrons. The first-order valence-corrected chi connectivity index (χ1v) is 10.7. The first-order chi connectivity index (χ1) is 12.1. The van der Waals surface area contributed by atoms with Crippen LogP contribution in [-0.4, -0.2) is 83.5 Å². The molecular weight excluding hydrogens is 354 g/mol. The Morgan fingerprint density at radius 1 is 1.08 bits per heavy atom. The van der Waals surface area contributed by atoms with Crippen LogP contribution in [-0.2, 0) is 0 Å². The van der Waals surface area contributed by atoms with Crippen LogP contribution in [0.15, 0.2) is 5.38 Å². The molecule has 0 unspecified atom stereocenters. The molecule has 0 spiro atoms. The summed E-state index contributed by atoms with van der Waals surface area (Å²) in [5.41, 5.74) is 0.906. The number of hydrogen-bond donors (Lipinski definition) is 0. The van der Waals surface area contributed by atoms with E-state index in [9.17, 15) is 4.79 Å². The third kappa shape index (κ3) is 3.35. The Morgan fingerprint density at radius 2 is 1.80 bits per heavy atom. The summed E-state index contributed by atoms with van der Waals surface area (Å²) in [7, 11) is 2.09. The van der Waals surface area contributed by atoms with Crippen LogP contribution in [0, 0.1) is 6.92 Å². The van der Waals surface area contributed by atoms with Crippen molar-refractivity contribution in [3.8, 4) is 0 Å². The summed E-state index contributed by atoms with van der Waals surface area (Å²) in [5.74, 6) is 3.48. The van der Waals surface area contributed by atoms with E-state index in [1.807, 2.05) is 16.7 Å². The van der Waals surface area contributed by atoms with Gasteiger partial charge in [0.1, 0.15) is 5.82 Å². The lowest BCUT2D eigenvalue weighted by Crippen LogP contribution is -2.47. The van der Waals surface area contributed by atoms with Crippen LogP contribution in [0.5, 0.6) is 0 Å². The lowest BCUT2D eigenvalue weighted by Gasteiger charge is -2.32. The Morgan fingerprint density at radius 3 is 2.52 bits per heavy atom. The zero-order valence-corrected chi connectivity index (χ0v) is 16.3. The maximum atomic E-state index is 13.0. The summed E-state index contributed by atoms with van der Waals surface area (Å²) in [6, 6.07) is 0. The molecule has 0 radical (unpaired) electrons. The minimum Gasteiger partial charge on any atom is -0.354 e. The fraction of sp³-hybridized carbons (Fsp3) is 0.588. The van der Waals surface area contributed by atoms with Gasteiger partial charge in [0.05, 0.1) is 10.9 Å². The van der Waals surface area contributed by atoms with Crippen molar-refractivity contribution in [1.82, 2.24) is 19.8 Å². The van der Waals surface area contributed by atoms with Gasteiger partial charge in [0, 0.05) is 61.0 Å². The molecule has 4 heterocycles. The van der Waals surface area contributed by atoms with Crippen molar-refractivity contribution in [2.75, 3.05) is 62.7 Å². The van der Waals surface area contributed by atoms with E-state index in [2.05, 4.69) is 34.1 Å². The molecule has 2 aromatic heterocycles. The largest absolute Gasteiger partial charge is 0.354 e. The number of nitrogens with zero attached hydrogens (tertiary/aromatic N) is 5. The van der Waals surface area contributed by atoms with Crippen molar-refractivity contribution in [2.24, 2.45) is 0 Å². The van der Waals surface area contributed by atoms with E-state index >= 15 is 0 Å². The molecule has 0 atom stereocenters. The summed E-state index contributed by atoms with van der Waals surface area (Å²) >= 11 is 3.66. The van der Waals surface area contributed by atoms with Gasteiger partial charge < -0.3 is 14.7 Å². The number of amides is 1. The van der Waals surface area contributed by atoms with Crippen molar-refractivity contribution in [3.63, 3.8) is 0 Å². The summed E-state index contributed by atoms with van der Waals surface area (Å²) < 4.78 is 0. The Kier molecular flexibility index (Phi) is 4.84. The molecule has 2 aliphatic rings. The Hall–Kier alpha value is -1.38. The van der Waals surface area contributed by atoms with Crippen LogP contribution in [0.1, 0.15) is 15.5 Å². The predicted octanol–water partition coefficient (Wildman–Crippen LogP) is 1.94. The number of thiophene rings is 1. The highest BCUT2D eigenvalue weighted by Crippen LogP contribution is 2.32. The number of piperazine rings is 1. The molecule has 1 amide bonds. The van der Waals surface area contributed by atoms with Gasteiger partial charge in [-0.15, -0.1) is 11.3 Å². The van der Waals surface area contributed by atoms with Crippen LogP contribution < -0.4 is 4.90 Å².